The minimum atomic E-state index is -1.01. The van der Waals surface area contributed by atoms with Gasteiger partial charge in [0.25, 0.3) is 5.91 Å². The van der Waals surface area contributed by atoms with Gasteiger partial charge in [-0.3, -0.25) is 9.78 Å². The van der Waals surface area contributed by atoms with Gasteiger partial charge in [0, 0.05) is 24.5 Å². The molecule has 1 aromatic heterocycles. The first-order chi connectivity index (χ1) is 10.2. The quantitative estimate of drug-likeness (QED) is 0.913. The van der Waals surface area contributed by atoms with Crippen molar-refractivity contribution < 1.29 is 14.7 Å². The van der Waals surface area contributed by atoms with Crippen molar-refractivity contribution in [1.82, 2.24) is 9.88 Å². The van der Waals surface area contributed by atoms with Gasteiger partial charge < -0.3 is 10.0 Å². The van der Waals surface area contributed by atoms with E-state index in [1.165, 1.54) is 17.3 Å². The van der Waals surface area contributed by atoms with Crippen molar-refractivity contribution >= 4 is 11.9 Å². The highest BCUT2D eigenvalue weighted by atomic mass is 16.4. The molecular weight excluding hydrogens is 268 g/mol. The van der Waals surface area contributed by atoms with Gasteiger partial charge in [-0.25, -0.2) is 4.79 Å². The number of pyridine rings is 1. The first kappa shape index (κ1) is 13.3. The highest BCUT2D eigenvalue weighted by Crippen LogP contribution is 2.31. The van der Waals surface area contributed by atoms with Gasteiger partial charge in [-0.2, -0.15) is 0 Å². The molecule has 0 saturated heterocycles. The van der Waals surface area contributed by atoms with Crippen LogP contribution in [0.2, 0.25) is 0 Å². The number of carboxylic acids is 1. The van der Waals surface area contributed by atoms with E-state index in [1.54, 1.807) is 24.3 Å². The lowest BCUT2D eigenvalue weighted by molar-refractivity contribution is -0.143. The molecule has 1 aliphatic rings. The van der Waals surface area contributed by atoms with Crippen LogP contribution in [0.25, 0.3) is 0 Å². The number of carbonyl (C=O) groups is 2. The van der Waals surface area contributed by atoms with E-state index in [9.17, 15) is 14.7 Å². The average molecular weight is 282 g/mol. The summed E-state index contributed by atoms with van der Waals surface area (Å²) in [5, 5.41) is 9.54. The van der Waals surface area contributed by atoms with Crippen molar-refractivity contribution in [2.45, 2.75) is 12.5 Å². The van der Waals surface area contributed by atoms with Gasteiger partial charge in [-0.05, 0) is 29.7 Å². The minimum absolute atomic E-state index is 0.278. The van der Waals surface area contributed by atoms with Crippen LogP contribution in [0.5, 0.6) is 0 Å². The third-order valence-electron chi connectivity index (χ3n) is 3.71. The second kappa shape index (κ2) is 5.36. The number of aliphatic carboxylic acids is 1. The van der Waals surface area contributed by atoms with E-state index in [2.05, 4.69) is 4.98 Å². The molecule has 2 aromatic rings. The van der Waals surface area contributed by atoms with Gasteiger partial charge in [-0.1, -0.05) is 24.3 Å². The fraction of sp³-hybridized carbons (Fsp3) is 0.188. The van der Waals surface area contributed by atoms with Crippen molar-refractivity contribution in [3.05, 3.63) is 65.5 Å². The van der Waals surface area contributed by atoms with Crippen molar-refractivity contribution in [2.24, 2.45) is 0 Å². The van der Waals surface area contributed by atoms with E-state index < -0.39 is 12.0 Å². The van der Waals surface area contributed by atoms with Crippen molar-refractivity contribution in [1.29, 1.82) is 0 Å². The lowest BCUT2D eigenvalue weighted by Gasteiger charge is -2.34. The number of carboxylic acid groups (broad SMARTS) is 1. The predicted octanol–water partition coefficient (Wildman–Crippen LogP) is 1.91. The molecule has 2 heterocycles. The zero-order valence-corrected chi connectivity index (χ0v) is 11.3. The van der Waals surface area contributed by atoms with Crippen molar-refractivity contribution in [3.8, 4) is 0 Å². The Hall–Kier alpha value is -2.69. The van der Waals surface area contributed by atoms with Crippen LogP contribution >= 0.6 is 0 Å². The Morgan fingerprint density at radius 3 is 2.57 bits per heavy atom. The van der Waals surface area contributed by atoms with E-state index >= 15 is 0 Å². The van der Waals surface area contributed by atoms with Crippen LogP contribution < -0.4 is 0 Å². The summed E-state index contributed by atoms with van der Waals surface area (Å²) in [5.41, 5.74) is 2.14. The molecule has 1 amide bonds. The molecule has 0 bridgehead atoms. The summed E-state index contributed by atoms with van der Waals surface area (Å²) < 4.78 is 0. The SMILES string of the molecule is O=C(O)C1c2ccccc2CCN1C(=O)c1ccncc1. The number of carbonyl (C=O) groups excluding carboxylic acids is 1. The summed E-state index contributed by atoms with van der Waals surface area (Å²) in [7, 11) is 0. The van der Waals surface area contributed by atoms with Gasteiger partial charge in [0.05, 0.1) is 0 Å². The van der Waals surface area contributed by atoms with Crippen molar-refractivity contribution in [3.63, 3.8) is 0 Å². The van der Waals surface area contributed by atoms with Gasteiger partial charge in [0.15, 0.2) is 6.04 Å². The molecule has 1 unspecified atom stereocenters. The Bertz CT molecular complexity index is 685. The Balaban J connectivity index is 2.00. The lowest BCUT2D eigenvalue weighted by Crippen LogP contribution is -2.43. The molecule has 1 aromatic carbocycles. The number of aromatic nitrogens is 1. The first-order valence-corrected chi connectivity index (χ1v) is 6.70. The summed E-state index contributed by atoms with van der Waals surface area (Å²) >= 11 is 0. The molecule has 21 heavy (non-hydrogen) atoms. The van der Waals surface area contributed by atoms with Crippen LogP contribution in [-0.2, 0) is 11.2 Å². The topological polar surface area (TPSA) is 70.5 Å². The van der Waals surface area contributed by atoms with Crippen LogP contribution in [0.3, 0.4) is 0 Å². The Morgan fingerprint density at radius 1 is 1.14 bits per heavy atom. The molecule has 1 atom stereocenters. The molecule has 5 nitrogen and oxygen atoms in total. The van der Waals surface area contributed by atoms with E-state index in [0.29, 0.717) is 24.1 Å². The van der Waals surface area contributed by atoms with Crippen LogP contribution in [0, 0.1) is 0 Å². The molecule has 1 aliphatic heterocycles. The summed E-state index contributed by atoms with van der Waals surface area (Å²) in [6.07, 6.45) is 3.72. The maximum Gasteiger partial charge on any atom is 0.331 e. The number of amides is 1. The van der Waals surface area contributed by atoms with E-state index in [1.807, 2.05) is 12.1 Å². The van der Waals surface area contributed by atoms with Crippen molar-refractivity contribution in [2.75, 3.05) is 6.54 Å². The number of hydrogen-bond donors (Lipinski definition) is 1. The van der Waals surface area contributed by atoms with Gasteiger partial charge >= 0.3 is 5.97 Å². The minimum Gasteiger partial charge on any atom is -0.479 e. The number of benzene rings is 1. The van der Waals surface area contributed by atoms with Crippen LogP contribution in [0.1, 0.15) is 27.5 Å². The Morgan fingerprint density at radius 2 is 1.86 bits per heavy atom. The number of hydrogen-bond acceptors (Lipinski definition) is 3. The third-order valence-corrected chi connectivity index (χ3v) is 3.71. The van der Waals surface area contributed by atoms with E-state index in [0.717, 1.165) is 5.56 Å². The fourth-order valence-electron chi connectivity index (χ4n) is 2.71. The number of rotatable bonds is 2. The highest BCUT2D eigenvalue weighted by molar-refractivity contribution is 5.97. The molecule has 0 saturated carbocycles. The molecule has 1 N–H and O–H groups in total. The molecule has 0 radical (unpaired) electrons. The monoisotopic (exact) mass is 282 g/mol. The lowest BCUT2D eigenvalue weighted by atomic mass is 9.92. The average Bonchev–Trinajstić information content (AvgIpc) is 2.53. The molecule has 0 fully saturated rings. The molecular formula is C16H14N2O3. The zero-order chi connectivity index (χ0) is 14.8. The molecule has 5 heteroatoms. The van der Waals surface area contributed by atoms with E-state index in [4.69, 9.17) is 0 Å². The van der Waals surface area contributed by atoms with Crippen LogP contribution in [-0.4, -0.2) is 33.4 Å². The largest absolute Gasteiger partial charge is 0.479 e. The zero-order valence-electron chi connectivity index (χ0n) is 11.3. The van der Waals surface area contributed by atoms with Gasteiger partial charge in [0.1, 0.15) is 0 Å². The van der Waals surface area contributed by atoms with Gasteiger partial charge in [-0.15, -0.1) is 0 Å². The Kier molecular flexibility index (Phi) is 3.39. The Labute approximate surface area is 121 Å². The molecule has 106 valence electrons. The molecule has 3 rings (SSSR count). The van der Waals surface area contributed by atoms with E-state index in [-0.39, 0.29) is 5.91 Å². The first-order valence-electron chi connectivity index (χ1n) is 6.70. The predicted molar refractivity (Wildman–Crippen MR) is 75.8 cm³/mol. The highest BCUT2D eigenvalue weighted by Gasteiger charge is 2.35. The van der Waals surface area contributed by atoms with Crippen LogP contribution in [0.4, 0.5) is 0 Å². The second-order valence-electron chi connectivity index (χ2n) is 4.92. The number of nitrogens with zero attached hydrogens (tertiary/aromatic N) is 2. The molecule has 0 aliphatic carbocycles. The van der Waals surface area contributed by atoms with Gasteiger partial charge in [0.2, 0.25) is 0 Å². The standard InChI is InChI=1S/C16H14N2O3/c19-15(12-5-8-17-9-6-12)18-10-7-11-3-1-2-4-13(11)14(18)16(20)21/h1-6,8-9,14H,7,10H2,(H,20,21). The normalized spacial score (nSPS) is 17.1. The van der Waals surface area contributed by atoms with Crippen LogP contribution in [0.15, 0.2) is 48.8 Å². The smallest absolute Gasteiger partial charge is 0.331 e. The second-order valence-corrected chi connectivity index (χ2v) is 4.92. The maximum atomic E-state index is 12.6. The maximum absolute atomic E-state index is 12.6. The molecule has 0 spiro atoms. The summed E-state index contributed by atoms with van der Waals surface area (Å²) in [5.74, 6) is -1.29. The number of fused-ring (bicyclic) bond motifs is 1. The summed E-state index contributed by atoms with van der Waals surface area (Å²) in [4.78, 5) is 29.5. The third kappa shape index (κ3) is 2.38. The summed E-state index contributed by atoms with van der Waals surface area (Å²) in [6, 6.07) is 9.65. The summed E-state index contributed by atoms with van der Waals surface area (Å²) in [6.45, 7) is 0.398. The fourth-order valence-corrected chi connectivity index (χ4v) is 2.71.